The summed E-state index contributed by atoms with van der Waals surface area (Å²) in [5, 5.41) is 2.31. The Labute approximate surface area is 155 Å². The van der Waals surface area contributed by atoms with E-state index in [0.717, 1.165) is 22.0 Å². The van der Waals surface area contributed by atoms with Crippen molar-refractivity contribution in [2.45, 2.75) is 24.9 Å². The zero-order valence-electron chi connectivity index (χ0n) is 14.7. The van der Waals surface area contributed by atoms with E-state index in [4.69, 9.17) is 0 Å². The van der Waals surface area contributed by atoms with E-state index < -0.39 is 34.2 Å². The van der Waals surface area contributed by atoms with E-state index in [9.17, 15) is 26.4 Å². The lowest BCUT2D eigenvalue weighted by Crippen LogP contribution is -2.37. The highest BCUT2D eigenvalue weighted by Crippen LogP contribution is 2.30. The van der Waals surface area contributed by atoms with Crippen LogP contribution in [-0.4, -0.2) is 31.7 Å². The number of aryl methyl sites for hydroxylation is 1. The minimum atomic E-state index is -4.54. The van der Waals surface area contributed by atoms with Gasteiger partial charge in [0, 0.05) is 12.2 Å². The van der Waals surface area contributed by atoms with Gasteiger partial charge in [-0.3, -0.25) is 4.79 Å². The smallest absolute Gasteiger partial charge is 0.325 e. The number of halogens is 3. The molecular formula is C18H19F3N2O3S. The maximum atomic E-state index is 12.7. The molecule has 146 valence electrons. The van der Waals surface area contributed by atoms with Gasteiger partial charge in [0.1, 0.15) is 0 Å². The van der Waals surface area contributed by atoms with Gasteiger partial charge >= 0.3 is 6.18 Å². The Kier molecular flexibility index (Phi) is 6.27. The highest BCUT2D eigenvalue weighted by Gasteiger charge is 2.30. The van der Waals surface area contributed by atoms with Crippen LogP contribution in [0.25, 0.3) is 0 Å². The maximum absolute atomic E-state index is 12.7. The van der Waals surface area contributed by atoms with Gasteiger partial charge in [0.15, 0.2) is 0 Å². The average molecular weight is 400 g/mol. The first kappa shape index (κ1) is 20.9. The summed E-state index contributed by atoms with van der Waals surface area (Å²) in [5.41, 5.74) is -0.0715. The maximum Gasteiger partial charge on any atom is 0.416 e. The second-order valence-electron chi connectivity index (χ2n) is 5.87. The molecule has 0 spiro atoms. The molecule has 0 aliphatic heterocycles. The summed E-state index contributed by atoms with van der Waals surface area (Å²) in [6, 6.07) is 10.3. The van der Waals surface area contributed by atoms with Crippen LogP contribution in [0.5, 0.6) is 0 Å². The highest BCUT2D eigenvalue weighted by molar-refractivity contribution is 7.89. The molecule has 2 aromatic rings. The molecular weight excluding hydrogens is 381 g/mol. The summed E-state index contributed by atoms with van der Waals surface area (Å²) < 4.78 is 64.5. The Bertz CT molecular complexity index is 910. The number of anilines is 1. The van der Waals surface area contributed by atoms with Crippen molar-refractivity contribution < 1.29 is 26.4 Å². The third-order valence-corrected chi connectivity index (χ3v) is 5.74. The fourth-order valence-electron chi connectivity index (χ4n) is 2.36. The van der Waals surface area contributed by atoms with E-state index in [1.54, 1.807) is 19.1 Å². The molecule has 0 saturated carbocycles. The van der Waals surface area contributed by atoms with E-state index in [1.165, 1.54) is 24.3 Å². The standard InChI is InChI=1S/C18H19F3N2O3S/c1-3-23(27(25,26)16-9-7-13(2)8-10-16)12-17(24)22-15-6-4-5-14(11-15)18(19,20)21/h4-11H,3,12H2,1-2H3,(H,22,24). The van der Waals surface area contributed by atoms with Crippen molar-refractivity contribution in [2.24, 2.45) is 0 Å². The van der Waals surface area contributed by atoms with Gasteiger partial charge in [0.2, 0.25) is 15.9 Å². The first-order valence-corrected chi connectivity index (χ1v) is 9.52. The van der Waals surface area contributed by atoms with Crippen molar-refractivity contribution >= 4 is 21.6 Å². The predicted molar refractivity (Wildman–Crippen MR) is 95.7 cm³/mol. The molecule has 2 rings (SSSR count). The number of likely N-dealkylation sites (N-methyl/N-ethyl adjacent to an activating group) is 1. The molecule has 9 heteroatoms. The molecule has 0 aliphatic rings. The number of carbonyl (C=O) groups excluding carboxylic acids is 1. The summed E-state index contributed by atoms with van der Waals surface area (Å²) in [6.45, 7) is 2.91. The van der Waals surface area contributed by atoms with Gasteiger partial charge in [-0.25, -0.2) is 8.42 Å². The van der Waals surface area contributed by atoms with E-state index >= 15 is 0 Å². The van der Waals surface area contributed by atoms with E-state index in [2.05, 4.69) is 5.32 Å². The van der Waals surface area contributed by atoms with Crippen molar-refractivity contribution in [1.29, 1.82) is 0 Å². The van der Waals surface area contributed by atoms with Gasteiger partial charge in [-0.1, -0.05) is 30.7 Å². The molecule has 0 radical (unpaired) electrons. The number of hydrogen-bond acceptors (Lipinski definition) is 3. The Morgan fingerprint density at radius 2 is 1.74 bits per heavy atom. The van der Waals surface area contributed by atoms with Gasteiger partial charge in [0.25, 0.3) is 0 Å². The molecule has 2 aromatic carbocycles. The number of carbonyl (C=O) groups is 1. The molecule has 1 amide bonds. The Balaban J connectivity index is 2.14. The van der Waals surface area contributed by atoms with Crippen LogP contribution >= 0.6 is 0 Å². The molecule has 5 nitrogen and oxygen atoms in total. The molecule has 0 atom stereocenters. The van der Waals surface area contributed by atoms with Crippen molar-refractivity contribution in [2.75, 3.05) is 18.4 Å². The minimum Gasteiger partial charge on any atom is -0.325 e. The third-order valence-electron chi connectivity index (χ3n) is 3.81. The second-order valence-corrected chi connectivity index (χ2v) is 7.81. The van der Waals surface area contributed by atoms with E-state index in [-0.39, 0.29) is 17.1 Å². The molecule has 0 bridgehead atoms. The zero-order chi connectivity index (χ0) is 20.2. The van der Waals surface area contributed by atoms with Crippen molar-refractivity contribution in [1.82, 2.24) is 4.31 Å². The summed E-state index contributed by atoms with van der Waals surface area (Å²) in [6.07, 6.45) is -4.54. The molecule has 27 heavy (non-hydrogen) atoms. The van der Waals surface area contributed by atoms with Crippen molar-refractivity contribution in [3.63, 3.8) is 0 Å². The van der Waals surface area contributed by atoms with Gasteiger partial charge in [0.05, 0.1) is 17.0 Å². The lowest BCUT2D eigenvalue weighted by molar-refractivity contribution is -0.137. The minimum absolute atomic E-state index is 0.0339. The fourth-order valence-corrected chi connectivity index (χ4v) is 3.77. The van der Waals surface area contributed by atoms with Crippen LogP contribution in [0.3, 0.4) is 0 Å². The molecule has 0 fully saturated rings. The predicted octanol–water partition coefficient (Wildman–Crippen LogP) is 3.66. The highest BCUT2D eigenvalue weighted by atomic mass is 32.2. The van der Waals surface area contributed by atoms with Crippen LogP contribution in [0.1, 0.15) is 18.1 Å². The van der Waals surface area contributed by atoms with E-state index in [0.29, 0.717) is 0 Å². The number of rotatable bonds is 6. The van der Waals surface area contributed by atoms with E-state index in [1.807, 2.05) is 6.92 Å². The van der Waals surface area contributed by atoms with Gasteiger partial charge in [-0.05, 0) is 37.3 Å². The number of alkyl halides is 3. The summed E-state index contributed by atoms with van der Waals surface area (Å²) in [5.74, 6) is -0.730. The number of hydrogen-bond donors (Lipinski definition) is 1. The number of amides is 1. The first-order valence-electron chi connectivity index (χ1n) is 8.08. The first-order chi connectivity index (χ1) is 12.5. The zero-order valence-corrected chi connectivity index (χ0v) is 15.6. The van der Waals surface area contributed by atoms with Crippen LogP contribution in [0.4, 0.5) is 18.9 Å². The average Bonchev–Trinajstić information content (AvgIpc) is 2.59. The van der Waals surface area contributed by atoms with Crippen molar-refractivity contribution in [3.05, 3.63) is 59.7 Å². The normalized spacial score (nSPS) is 12.2. The third kappa shape index (κ3) is 5.30. The molecule has 0 aromatic heterocycles. The molecule has 0 saturated heterocycles. The number of nitrogens with zero attached hydrogens (tertiary/aromatic N) is 1. The van der Waals surface area contributed by atoms with Gasteiger partial charge in [-0.2, -0.15) is 17.5 Å². The summed E-state index contributed by atoms with van der Waals surface area (Å²) in [4.78, 5) is 12.2. The Morgan fingerprint density at radius 3 is 2.30 bits per heavy atom. The summed E-state index contributed by atoms with van der Waals surface area (Å²) in [7, 11) is -3.89. The second kappa shape index (κ2) is 8.10. The van der Waals surface area contributed by atoms with Crippen LogP contribution in [-0.2, 0) is 21.0 Å². The number of nitrogens with one attached hydrogen (secondary N) is 1. The van der Waals surface area contributed by atoms with Crippen LogP contribution in [0.15, 0.2) is 53.4 Å². The quantitative estimate of drug-likeness (QED) is 0.805. The lowest BCUT2D eigenvalue weighted by atomic mass is 10.2. The summed E-state index contributed by atoms with van der Waals surface area (Å²) >= 11 is 0. The van der Waals surface area contributed by atoms with Gasteiger partial charge < -0.3 is 5.32 Å². The molecule has 0 heterocycles. The van der Waals surface area contributed by atoms with Gasteiger partial charge in [-0.15, -0.1) is 0 Å². The lowest BCUT2D eigenvalue weighted by Gasteiger charge is -2.20. The van der Waals surface area contributed by atoms with Crippen LogP contribution < -0.4 is 5.32 Å². The number of sulfonamides is 1. The number of benzene rings is 2. The van der Waals surface area contributed by atoms with Crippen LogP contribution in [0, 0.1) is 6.92 Å². The molecule has 0 unspecified atom stereocenters. The monoisotopic (exact) mass is 400 g/mol. The Morgan fingerprint density at radius 1 is 1.11 bits per heavy atom. The molecule has 1 N–H and O–H groups in total. The Hall–Kier alpha value is -2.39. The molecule has 0 aliphatic carbocycles. The fraction of sp³-hybridized carbons (Fsp3) is 0.278. The topological polar surface area (TPSA) is 66.5 Å². The van der Waals surface area contributed by atoms with Crippen LogP contribution in [0.2, 0.25) is 0 Å². The SMILES string of the molecule is CCN(CC(=O)Nc1cccc(C(F)(F)F)c1)S(=O)(=O)c1ccc(C)cc1. The largest absolute Gasteiger partial charge is 0.416 e. The van der Waals surface area contributed by atoms with Crippen molar-refractivity contribution in [3.8, 4) is 0 Å².